The monoisotopic (exact) mass is 220 g/mol. The first-order chi connectivity index (χ1) is 7.72. The number of hydrogen-bond acceptors (Lipinski definition) is 3. The highest BCUT2D eigenvalue weighted by atomic mass is 16.3. The highest BCUT2D eigenvalue weighted by Crippen LogP contribution is 2.14. The van der Waals surface area contributed by atoms with Crippen LogP contribution in [0.15, 0.2) is 24.7 Å². The predicted molar refractivity (Wildman–Crippen MR) is 59.9 cm³/mol. The summed E-state index contributed by atoms with van der Waals surface area (Å²) in [6.45, 7) is 5.24. The Kier molecular flexibility index (Phi) is 3.05. The molecule has 2 heterocycles. The van der Waals surface area contributed by atoms with Gasteiger partial charge < -0.3 is 9.67 Å². The lowest BCUT2D eigenvalue weighted by Crippen LogP contribution is -2.11. The van der Waals surface area contributed by atoms with E-state index in [2.05, 4.69) is 10.1 Å². The zero-order valence-corrected chi connectivity index (χ0v) is 9.54. The molecule has 5 heteroatoms. The zero-order valence-electron chi connectivity index (χ0n) is 9.54. The zero-order chi connectivity index (χ0) is 11.5. The average molecular weight is 220 g/mol. The lowest BCUT2D eigenvalue weighted by atomic mass is 10.3. The summed E-state index contributed by atoms with van der Waals surface area (Å²) in [6.07, 6.45) is 3.04. The van der Waals surface area contributed by atoms with Gasteiger partial charge in [0.1, 0.15) is 12.2 Å². The van der Waals surface area contributed by atoms with Gasteiger partial charge in [-0.2, -0.15) is 5.10 Å². The second-order valence-electron chi connectivity index (χ2n) is 3.73. The molecule has 1 unspecified atom stereocenters. The minimum Gasteiger partial charge on any atom is -0.387 e. The molecule has 0 aliphatic heterocycles. The third-order valence-electron chi connectivity index (χ3n) is 2.60. The van der Waals surface area contributed by atoms with E-state index >= 15 is 0 Å². The molecule has 0 aromatic carbocycles. The van der Waals surface area contributed by atoms with Gasteiger partial charge in [-0.25, -0.2) is 9.67 Å². The van der Waals surface area contributed by atoms with Gasteiger partial charge in [0, 0.05) is 18.4 Å². The molecule has 0 radical (unpaired) electrons. The molecule has 2 rings (SSSR count). The Morgan fingerprint density at radius 1 is 1.50 bits per heavy atom. The van der Waals surface area contributed by atoms with Gasteiger partial charge in [-0.15, -0.1) is 0 Å². The van der Waals surface area contributed by atoms with Crippen molar-refractivity contribution in [3.63, 3.8) is 0 Å². The summed E-state index contributed by atoms with van der Waals surface area (Å²) in [6, 6.07) is 3.84. The molecule has 0 spiro atoms. The SMILES string of the molecule is CCn1ncnc1Cn1cccc1C(C)O. The molecule has 2 aromatic rings. The number of aromatic nitrogens is 4. The minimum absolute atomic E-state index is 0.465. The van der Waals surface area contributed by atoms with Crippen LogP contribution in [0, 0.1) is 0 Å². The third kappa shape index (κ3) is 1.99. The Hall–Kier alpha value is -1.62. The van der Waals surface area contributed by atoms with Crippen LogP contribution in [0.2, 0.25) is 0 Å². The molecule has 1 N–H and O–H groups in total. The Morgan fingerprint density at radius 2 is 2.31 bits per heavy atom. The number of aliphatic hydroxyl groups excluding tert-OH is 1. The number of nitrogens with zero attached hydrogens (tertiary/aromatic N) is 4. The fourth-order valence-electron chi connectivity index (χ4n) is 1.78. The van der Waals surface area contributed by atoms with Crippen LogP contribution in [0.3, 0.4) is 0 Å². The molecule has 16 heavy (non-hydrogen) atoms. The molecule has 0 fully saturated rings. The highest BCUT2D eigenvalue weighted by Gasteiger charge is 2.09. The molecule has 2 aromatic heterocycles. The molecule has 0 saturated heterocycles. The van der Waals surface area contributed by atoms with Crippen molar-refractivity contribution in [2.75, 3.05) is 0 Å². The fourth-order valence-corrected chi connectivity index (χ4v) is 1.78. The van der Waals surface area contributed by atoms with Gasteiger partial charge >= 0.3 is 0 Å². The Morgan fingerprint density at radius 3 is 3.00 bits per heavy atom. The van der Waals surface area contributed by atoms with Crippen molar-refractivity contribution < 1.29 is 5.11 Å². The number of hydrogen-bond donors (Lipinski definition) is 1. The van der Waals surface area contributed by atoms with Crippen molar-refractivity contribution in [3.8, 4) is 0 Å². The Balaban J connectivity index is 2.23. The maximum absolute atomic E-state index is 9.58. The van der Waals surface area contributed by atoms with E-state index in [0.29, 0.717) is 6.54 Å². The van der Waals surface area contributed by atoms with E-state index in [-0.39, 0.29) is 0 Å². The fraction of sp³-hybridized carbons (Fsp3) is 0.455. The number of aryl methyl sites for hydroxylation is 1. The number of rotatable bonds is 4. The second kappa shape index (κ2) is 4.49. The van der Waals surface area contributed by atoms with Gasteiger partial charge in [0.25, 0.3) is 0 Å². The first-order valence-corrected chi connectivity index (χ1v) is 5.42. The minimum atomic E-state index is -0.465. The van der Waals surface area contributed by atoms with E-state index in [1.165, 1.54) is 0 Å². The van der Waals surface area contributed by atoms with Crippen molar-refractivity contribution in [3.05, 3.63) is 36.2 Å². The van der Waals surface area contributed by atoms with Crippen molar-refractivity contribution in [2.45, 2.75) is 33.0 Å². The Labute approximate surface area is 94.4 Å². The summed E-state index contributed by atoms with van der Waals surface area (Å²) in [5.74, 6) is 0.903. The van der Waals surface area contributed by atoms with E-state index in [4.69, 9.17) is 0 Å². The van der Waals surface area contributed by atoms with Crippen LogP contribution in [-0.2, 0) is 13.1 Å². The van der Waals surface area contributed by atoms with Crippen LogP contribution in [0.4, 0.5) is 0 Å². The molecule has 1 atom stereocenters. The van der Waals surface area contributed by atoms with Crippen molar-refractivity contribution in [1.82, 2.24) is 19.3 Å². The van der Waals surface area contributed by atoms with E-state index in [1.807, 2.05) is 34.5 Å². The van der Waals surface area contributed by atoms with Crippen LogP contribution in [-0.4, -0.2) is 24.4 Å². The van der Waals surface area contributed by atoms with Gasteiger partial charge in [0.05, 0.1) is 12.6 Å². The molecule has 0 aliphatic rings. The van der Waals surface area contributed by atoms with Crippen molar-refractivity contribution in [1.29, 1.82) is 0 Å². The van der Waals surface area contributed by atoms with Crippen LogP contribution in [0.1, 0.15) is 31.5 Å². The highest BCUT2D eigenvalue weighted by molar-refractivity contribution is 5.11. The summed E-state index contributed by atoms with van der Waals surface area (Å²) in [7, 11) is 0. The van der Waals surface area contributed by atoms with Crippen molar-refractivity contribution in [2.24, 2.45) is 0 Å². The standard InChI is InChI=1S/C11H16N4O/c1-3-15-11(12-8-13-15)7-14-6-4-5-10(14)9(2)16/h4-6,8-9,16H,3,7H2,1-2H3. The third-order valence-corrected chi connectivity index (χ3v) is 2.60. The smallest absolute Gasteiger partial charge is 0.146 e. The quantitative estimate of drug-likeness (QED) is 0.842. The first kappa shape index (κ1) is 10.9. The predicted octanol–water partition coefficient (Wildman–Crippen LogP) is 1.20. The maximum atomic E-state index is 9.58. The summed E-state index contributed by atoms with van der Waals surface area (Å²) >= 11 is 0. The maximum Gasteiger partial charge on any atom is 0.146 e. The second-order valence-corrected chi connectivity index (χ2v) is 3.73. The van der Waals surface area contributed by atoms with Crippen LogP contribution >= 0.6 is 0 Å². The van der Waals surface area contributed by atoms with E-state index in [1.54, 1.807) is 13.3 Å². The molecule has 0 saturated carbocycles. The van der Waals surface area contributed by atoms with Crippen LogP contribution in [0.25, 0.3) is 0 Å². The van der Waals surface area contributed by atoms with Gasteiger partial charge in [0.15, 0.2) is 0 Å². The summed E-state index contributed by atoms with van der Waals surface area (Å²) in [5, 5.41) is 13.7. The average Bonchev–Trinajstić information content (AvgIpc) is 2.86. The van der Waals surface area contributed by atoms with E-state index < -0.39 is 6.10 Å². The van der Waals surface area contributed by atoms with Crippen molar-refractivity contribution >= 4 is 0 Å². The molecule has 5 nitrogen and oxygen atoms in total. The molecular formula is C11H16N4O. The lowest BCUT2D eigenvalue weighted by molar-refractivity contribution is 0.189. The summed E-state index contributed by atoms with van der Waals surface area (Å²) < 4.78 is 3.84. The summed E-state index contributed by atoms with van der Waals surface area (Å²) in [4.78, 5) is 4.21. The largest absolute Gasteiger partial charge is 0.387 e. The topological polar surface area (TPSA) is 55.9 Å². The molecule has 0 bridgehead atoms. The van der Waals surface area contributed by atoms with Crippen LogP contribution in [0.5, 0.6) is 0 Å². The first-order valence-electron chi connectivity index (χ1n) is 5.42. The van der Waals surface area contributed by atoms with Gasteiger partial charge in [-0.1, -0.05) is 0 Å². The summed E-state index contributed by atoms with van der Waals surface area (Å²) in [5.41, 5.74) is 0.894. The molecular weight excluding hydrogens is 204 g/mol. The molecule has 86 valence electrons. The normalized spacial score (nSPS) is 12.9. The molecule has 0 amide bonds. The van der Waals surface area contributed by atoms with Gasteiger partial charge in [0.2, 0.25) is 0 Å². The van der Waals surface area contributed by atoms with E-state index in [9.17, 15) is 5.11 Å². The number of aliphatic hydroxyl groups is 1. The Bertz CT molecular complexity index is 458. The van der Waals surface area contributed by atoms with Crippen LogP contribution < -0.4 is 0 Å². The molecule has 0 aliphatic carbocycles. The van der Waals surface area contributed by atoms with Gasteiger partial charge in [-0.3, -0.25) is 0 Å². The van der Waals surface area contributed by atoms with E-state index in [0.717, 1.165) is 18.1 Å². The lowest BCUT2D eigenvalue weighted by Gasteiger charge is -2.11. The van der Waals surface area contributed by atoms with Gasteiger partial charge in [-0.05, 0) is 26.0 Å².